The second-order valence-electron chi connectivity index (χ2n) is 20.9. The number of nitrogens with two attached hydrogens (primary N) is 13. The minimum Gasteiger partial charge on any atom is -0.480 e. The van der Waals surface area contributed by atoms with E-state index in [9.17, 15) is 67.1 Å². The summed E-state index contributed by atoms with van der Waals surface area (Å²) in [5, 5.41) is 87.3. The average molecular weight is 1530 g/mol. The van der Waals surface area contributed by atoms with Crippen molar-refractivity contribution in [3.05, 3.63) is 36.4 Å². The Kier molecular flexibility index (Phi) is 70.9. The van der Waals surface area contributed by atoms with Crippen LogP contribution in [0, 0.1) is 5.92 Å². The Hall–Kier alpha value is -8.70. The van der Waals surface area contributed by atoms with Crippen LogP contribution in [-0.2, 0) is 94.2 Å². The van der Waals surface area contributed by atoms with Crippen molar-refractivity contribution in [2.24, 2.45) is 80.5 Å². The summed E-state index contributed by atoms with van der Waals surface area (Å²) in [6, 6.07) is -8.76. The number of carbonyl (C=O) groups is 14. The first-order valence-electron chi connectivity index (χ1n) is 30.4. The van der Waals surface area contributed by atoms with Crippen molar-refractivity contribution in [3.8, 4) is 0 Å². The molecule has 11 atom stereocenters. The van der Waals surface area contributed by atoms with Crippen LogP contribution in [0.4, 0.5) is 0 Å². The minimum atomic E-state index is -1.27. The number of carboxylic acids is 10. The first-order valence-corrected chi connectivity index (χ1v) is 31.7. The number of nitrogens with zero attached hydrogens (tertiary/aromatic N) is 2. The number of hydrogen-bond acceptors (Lipinski definition) is 36. The SMILES string of the molecule is CC(C)C[C@H](N)C(=O)O.C[C@H](N)C(=O)OC[C@H](N)C(=O)OC(=O)[C@@H](N)CS.NCC(=O)O.NCC(=O)O.NCC(=O)OC[C@H](N)C(=O)O.NCCCC[C@H](N)C(=O)O.N[C@@H](CS)C(=O)O.N[C@@H](Cc1cnc[nH]1)C(=O)O.N[C@@H](Cc1cnc[nH]1)C(=O)O.O=C(O)[C@@H]1CCCN1.O=C(O)[C@@H]1CCCN1. The molecule has 103 heavy (non-hydrogen) atoms. The van der Waals surface area contributed by atoms with Gasteiger partial charge in [0.25, 0.3) is 0 Å². The van der Waals surface area contributed by atoms with E-state index in [0.717, 1.165) is 63.0 Å². The number of hydrogen-bond donors (Lipinski definition) is 29. The third kappa shape index (κ3) is 71.5. The van der Waals surface area contributed by atoms with Crippen molar-refractivity contribution in [2.45, 2.75) is 151 Å². The summed E-state index contributed by atoms with van der Waals surface area (Å²) in [5.74, 6) is -12.2. The summed E-state index contributed by atoms with van der Waals surface area (Å²) in [7, 11) is 0. The van der Waals surface area contributed by atoms with Crippen LogP contribution in [0.2, 0.25) is 0 Å². The number of aliphatic carboxylic acids is 10. The Balaban J connectivity index is -0.000000200. The number of ether oxygens (including phenoxy) is 3. The van der Waals surface area contributed by atoms with Gasteiger partial charge in [0.2, 0.25) is 0 Å². The minimum absolute atomic E-state index is 0.0288. The smallest absolute Gasteiger partial charge is 0.334 e. The van der Waals surface area contributed by atoms with E-state index in [-0.39, 0.29) is 62.7 Å². The summed E-state index contributed by atoms with van der Waals surface area (Å²) >= 11 is 7.42. The Labute approximate surface area is 602 Å². The molecule has 46 nitrogen and oxygen atoms in total. The number of aromatic amines is 2. The van der Waals surface area contributed by atoms with E-state index in [1.807, 2.05) is 13.8 Å². The number of unbranched alkanes of at least 4 members (excludes halogenated alkanes) is 1. The highest BCUT2D eigenvalue weighted by molar-refractivity contribution is 7.80. The fourth-order valence-electron chi connectivity index (χ4n) is 5.56. The number of nitrogens with one attached hydrogen (secondary N) is 4. The fraction of sp³-hybridized carbons (Fsp3) is 0.636. The van der Waals surface area contributed by atoms with Crippen molar-refractivity contribution in [1.82, 2.24) is 30.6 Å². The topological polar surface area (TPSA) is 889 Å². The number of rotatable bonds is 30. The van der Waals surface area contributed by atoms with Crippen LogP contribution in [0.5, 0.6) is 0 Å². The van der Waals surface area contributed by atoms with Crippen LogP contribution in [0.15, 0.2) is 25.0 Å². The van der Waals surface area contributed by atoms with Crippen LogP contribution in [-0.4, -0.2) is 285 Å². The summed E-state index contributed by atoms with van der Waals surface area (Å²) in [4.78, 5) is 156. The molecule has 2 aliphatic rings. The average Bonchev–Trinajstić information content (AvgIpc) is 1.76. The molecule has 2 aromatic rings. The molecule has 2 aliphatic heterocycles. The van der Waals surface area contributed by atoms with E-state index in [1.165, 1.54) is 19.6 Å². The molecule has 2 saturated heterocycles. The number of esters is 4. The molecule has 0 amide bonds. The lowest BCUT2D eigenvalue weighted by Crippen LogP contribution is -2.43. The van der Waals surface area contributed by atoms with Crippen LogP contribution in [0.3, 0.4) is 0 Å². The number of carboxylic acid groups (broad SMARTS) is 10. The highest BCUT2D eigenvalue weighted by Crippen LogP contribution is 2.05. The van der Waals surface area contributed by atoms with Crippen LogP contribution >= 0.6 is 25.3 Å². The van der Waals surface area contributed by atoms with Crippen molar-refractivity contribution in [2.75, 3.05) is 64.0 Å². The Morgan fingerprint density at radius 2 is 0.835 bits per heavy atom. The largest absolute Gasteiger partial charge is 0.480 e. The lowest BCUT2D eigenvalue weighted by Gasteiger charge is -2.13. The molecule has 0 bridgehead atoms. The van der Waals surface area contributed by atoms with E-state index < -0.39 is 145 Å². The third-order valence-electron chi connectivity index (χ3n) is 11.2. The number of carbonyl (C=O) groups excluding carboxylic acids is 4. The zero-order valence-corrected chi connectivity index (χ0v) is 58.9. The zero-order valence-electron chi connectivity index (χ0n) is 57.1. The van der Waals surface area contributed by atoms with Gasteiger partial charge in [-0.2, -0.15) is 25.3 Å². The monoisotopic (exact) mass is 1530 g/mol. The van der Waals surface area contributed by atoms with Gasteiger partial charge in [0.05, 0.1) is 32.3 Å². The molecule has 2 fully saturated rings. The van der Waals surface area contributed by atoms with Gasteiger partial charge in [0.15, 0.2) is 0 Å². The molecule has 0 aliphatic carbocycles. The van der Waals surface area contributed by atoms with E-state index >= 15 is 0 Å². The second-order valence-corrected chi connectivity index (χ2v) is 21.7. The summed E-state index contributed by atoms with van der Waals surface area (Å²) in [6.07, 6.45) is 13.0. The van der Waals surface area contributed by atoms with Crippen LogP contribution < -0.4 is 85.2 Å². The first kappa shape index (κ1) is 108. The molecule has 0 aromatic carbocycles. The van der Waals surface area contributed by atoms with E-state index in [0.29, 0.717) is 25.3 Å². The van der Waals surface area contributed by atoms with Gasteiger partial charge in [-0.25, -0.2) is 19.6 Å². The third-order valence-corrected chi connectivity index (χ3v) is 12.0. The summed E-state index contributed by atoms with van der Waals surface area (Å²) in [5.41, 5.74) is 67.4. The Bertz CT molecular complexity index is 2590. The quantitative estimate of drug-likeness (QED) is 0.0114. The molecular weight excluding hydrogens is 1420 g/mol. The summed E-state index contributed by atoms with van der Waals surface area (Å²) in [6.45, 7) is 6.04. The molecule has 2 aromatic heterocycles. The Morgan fingerprint density at radius 3 is 1.07 bits per heavy atom. The van der Waals surface area contributed by atoms with Gasteiger partial charge in [-0.15, -0.1) is 0 Å². The molecule has 40 N–H and O–H groups in total. The van der Waals surface area contributed by atoms with Crippen molar-refractivity contribution in [1.29, 1.82) is 0 Å². The molecule has 0 saturated carbocycles. The van der Waals surface area contributed by atoms with Gasteiger partial charge < -0.3 is 160 Å². The van der Waals surface area contributed by atoms with Gasteiger partial charge in [-0.1, -0.05) is 20.3 Å². The highest BCUT2D eigenvalue weighted by atomic mass is 32.1. The number of imidazole rings is 2. The maximum absolute atomic E-state index is 11.3. The van der Waals surface area contributed by atoms with E-state index in [2.05, 4.69) is 81.5 Å². The zero-order chi connectivity index (χ0) is 81.5. The van der Waals surface area contributed by atoms with Crippen molar-refractivity contribution in [3.63, 3.8) is 0 Å². The highest BCUT2D eigenvalue weighted by Gasteiger charge is 2.25. The molecule has 0 radical (unpaired) electrons. The maximum atomic E-state index is 11.3. The van der Waals surface area contributed by atoms with E-state index in [4.69, 9.17) is 114 Å². The predicted octanol–water partition coefficient (Wildman–Crippen LogP) is -8.84. The number of thiol groups is 2. The standard InChI is InChI=1S/C9H17N3O5S.2C6H9N3O2.C6H14N2O2.C6H13NO2.C5H10N2O4.2C5H9NO2.C3H7NO2S.2C2H5NO2/c1-4(10)7(13)16-2-5(11)8(14)17-9(15)6(12)3-18;2*7-5(6(10)11)1-4-2-8-3-9-4;7-4-2-1-3-5(8)6(9)10;1-4(2)3-5(7)6(8)9;6-1-4(8)11-2-3(7)5(9)10;2*7-5(8)4-2-1-3-6-4;4-2(1-7)3(5)6;2*3-1-2(4)5/h4-6,18H,2-3,10-12H2,1H3;2*2-3,5H,1,7H2,(H,8,9)(H,10,11);5H,1-4,7-8H2,(H,9,10);4-5H,3,7H2,1-2H3,(H,8,9);3H,1-2,6-7H2,(H,9,10);2*4,6H,1-3H2,(H,7,8);2,7H,1,4H2,(H,5,6);2*1,3H2,(H,4,5)/t4-,5-,6-;4*5-;3-;2*4-;2-;;/m000000000../s1. The van der Waals surface area contributed by atoms with Gasteiger partial charge in [0, 0.05) is 48.1 Å². The normalized spacial score (nSPS) is 15.2. The molecular formula is C55H107N19O27S2. The second kappa shape index (κ2) is 67.8. The number of aromatic nitrogens is 4. The van der Waals surface area contributed by atoms with Gasteiger partial charge in [-0.05, 0) is 77.4 Å². The summed E-state index contributed by atoms with van der Waals surface area (Å²) < 4.78 is 13.3. The van der Waals surface area contributed by atoms with Gasteiger partial charge in [0.1, 0.15) is 79.7 Å². The molecule has 48 heteroatoms. The predicted molar refractivity (Wildman–Crippen MR) is 371 cm³/mol. The fourth-order valence-corrected chi connectivity index (χ4v) is 5.87. The first-order chi connectivity index (χ1) is 47.8. The lowest BCUT2D eigenvalue weighted by molar-refractivity contribution is -0.163. The molecule has 0 unspecified atom stereocenters. The number of H-pyrrole nitrogens is 2. The van der Waals surface area contributed by atoms with Crippen molar-refractivity contribution < 1.29 is 132 Å². The van der Waals surface area contributed by atoms with Gasteiger partial charge >= 0.3 is 83.6 Å². The molecule has 4 heterocycles. The lowest BCUT2D eigenvalue weighted by atomic mass is 10.1. The van der Waals surface area contributed by atoms with E-state index in [1.54, 1.807) is 12.4 Å². The van der Waals surface area contributed by atoms with Crippen LogP contribution in [0.1, 0.15) is 83.5 Å². The maximum Gasteiger partial charge on any atom is 0.334 e. The van der Waals surface area contributed by atoms with Gasteiger partial charge in [-0.3, -0.25) is 57.5 Å². The van der Waals surface area contributed by atoms with Crippen LogP contribution in [0.25, 0.3) is 0 Å². The molecule has 596 valence electrons. The molecule has 0 spiro atoms. The molecule has 4 rings (SSSR count). The Morgan fingerprint density at radius 1 is 0.476 bits per heavy atom. The van der Waals surface area contributed by atoms with Crippen molar-refractivity contribution >= 4 is 109 Å².